The third-order valence-electron chi connectivity index (χ3n) is 4.10. The molecule has 0 unspecified atom stereocenters. The highest BCUT2D eigenvalue weighted by molar-refractivity contribution is 9.10. The lowest BCUT2D eigenvalue weighted by Gasteiger charge is -2.10. The summed E-state index contributed by atoms with van der Waals surface area (Å²) in [6.45, 7) is 0. The van der Waals surface area contributed by atoms with Gasteiger partial charge in [0.2, 0.25) is 0 Å². The number of carbonyl (C=O) groups excluding carboxylic acids is 1. The van der Waals surface area contributed by atoms with Crippen molar-refractivity contribution < 1.29 is 14.3 Å². The first-order valence-electron chi connectivity index (χ1n) is 8.53. The Morgan fingerprint density at radius 3 is 1.61 bits per heavy atom. The highest BCUT2D eigenvalue weighted by atomic mass is 79.9. The van der Waals surface area contributed by atoms with Crippen LogP contribution in [0.1, 0.15) is 21.5 Å². The number of nitrogens with zero attached hydrogens (tertiary/aromatic N) is 1. The molecule has 3 aromatic rings. The maximum absolute atomic E-state index is 12.5. The van der Waals surface area contributed by atoms with E-state index < -0.39 is 0 Å². The predicted molar refractivity (Wildman–Crippen MR) is 113 cm³/mol. The van der Waals surface area contributed by atoms with Gasteiger partial charge in [0.05, 0.1) is 19.9 Å². The van der Waals surface area contributed by atoms with Crippen molar-refractivity contribution in [1.29, 1.82) is 0 Å². The fourth-order valence-corrected chi connectivity index (χ4v) is 2.83. The van der Waals surface area contributed by atoms with Crippen LogP contribution in [0.15, 0.2) is 82.4 Å². The Hall–Kier alpha value is -3.12. The number of amides is 1. The van der Waals surface area contributed by atoms with Gasteiger partial charge < -0.3 is 9.47 Å². The summed E-state index contributed by atoms with van der Waals surface area (Å²) in [6, 6.07) is 22.1. The van der Waals surface area contributed by atoms with E-state index >= 15 is 0 Å². The van der Waals surface area contributed by atoms with E-state index in [2.05, 4.69) is 26.5 Å². The van der Waals surface area contributed by atoms with Crippen molar-refractivity contribution in [3.63, 3.8) is 0 Å². The van der Waals surface area contributed by atoms with E-state index in [1.54, 1.807) is 26.4 Å². The van der Waals surface area contributed by atoms with E-state index in [1.165, 1.54) is 0 Å². The number of benzene rings is 3. The number of rotatable bonds is 6. The van der Waals surface area contributed by atoms with Crippen molar-refractivity contribution >= 4 is 27.5 Å². The smallest absolute Gasteiger partial charge is 0.271 e. The summed E-state index contributed by atoms with van der Waals surface area (Å²) in [6.07, 6.45) is 0. The van der Waals surface area contributed by atoms with Gasteiger partial charge in [-0.05, 0) is 72.8 Å². The van der Waals surface area contributed by atoms with Crippen LogP contribution in [0.3, 0.4) is 0 Å². The largest absolute Gasteiger partial charge is 0.497 e. The Bertz CT molecular complexity index is 917. The average Bonchev–Trinajstić information content (AvgIpc) is 2.75. The van der Waals surface area contributed by atoms with Crippen molar-refractivity contribution in [2.75, 3.05) is 14.2 Å². The minimum absolute atomic E-state index is 0.285. The minimum Gasteiger partial charge on any atom is -0.497 e. The summed E-state index contributed by atoms with van der Waals surface area (Å²) < 4.78 is 11.3. The first-order valence-corrected chi connectivity index (χ1v) is 9.32. The molecule has 0 radical (unpaired) electrons. The molecule has 0 heterocycles. The Balaban J connectivity index is 1.92. The van der Waals surface area contributed by atoms with E-state index in [0.717, 1.165) is 27.1 Å². The van der Waals surface area contributed by atoms with Gasteiger partial charge in [0.1, 0.15) is 11.5 Å². The highest BCUT2D eigenvalue weighted by Gasteiger charge is 2.10. The second-order valence-electron chi connectivity index (χ2n) is 5.87. The second-order valence-corrected chi connectivity index (χ2v) is 6.78. The Labute approximate surface area is 172 Å². The molecule has 0 aromatic heterocycles. The van der Waals surface area contributed by atoms with Gasteiger partial charge in [-0.3, -0.25) is 4.79 Å². The highest BCUT2D eigenvalue weighted by Crippen LogP contribution is 2.18. The first kappa shape index (κ1) is 19.6. The first-order chi connectivity index (χ1) is 13.6. The molecule has 0 fully saturated rings. The van der Waals surface area contributed by atoms with Gasteiger partial charge in [-0.15, -0.1) is 0 Å². The molecule has 3 aromatic carbocycles. The van der Waals surface area contributed by atoms with Gasteiger partial charge >= 0.3 is 0 Å². The molecule has 0 aliphatic heterocycles. The van der Waals surface area contributed by atoms with Gasteiger partial charge in [0.25, 0.3) is 5.91 Å². The van der Waals surface area contributed by atoms with E-state index in [0.29, 0.717) is 11.3 Å². The van der Waals surface area contributed by atoms with E-state index in [9.17, 15) is 4.79 Å². The van der Waals surface area contributed by atoms with Crippen molar-refractivity contribution in [2.24, 2.45) is 5.10 Å². The minimum atomic E-state index is -0.285. The normalized spacial score (nSPS) is 10.1. The number of hydrogen-bond donors (Lipinski definition) is 1. The van der Waals surface area contributed by atoms with Crippen molar-refractivity contribution in [3.05, 3.63) is 94.0 Å². The third kappa shape index (κ3) is 4.78. The molecular weight excluding hydrogens is 420 g/mol. The zero-order valence-electron chi connectivity index (χ0n) is 15.5. The fraction of sp³-hybridized carbons (Fsp3) is 0.0909. The van der Waals surface area contributed by atoms with Crippen LogP contribution in [0.4, 0.5) is 0 Å². The lowest BCUT2D eigenvalue weighted by atomic mass is 10.0. The molecule has 142 valence electrons. The van der Waals surface area contributed by atoms with Crippen molar-refractivity contribution in [2.45, 2.75) is 0 Å². The zero-order valence-corrected chi connectivity index (χ0v) is 17.1. The van der Waals surface area contributed by atoms with Gasteiger partial charge in [-0.25, -0.2) is 5.43 Å². The van der Waals surface area contributed by atoms with Gasteiger partial charge in [0, 0.05) is 21.2 Å². The molecule has 0 aliphatic rings. The number of halogens is 1. The number of hydrogen-bond acceptors (Lipinski definition) is 4. The Kier molecular flexibility index (Phi) is 6.45. The summed E-state index contributed by atoms with van der Waals surface area (Å²) in [5.74, 6) is 1.21. The lowest BCUT2D eigenvalue weighted by Crippen LogP contribution is -2.20. The molecule has 1 amide bonds. The van der Waals surface area contributed by atoms with Crippen LogP contribution >= 0.6 is 15.9 Å². The van der Waals surface area contributed by atoms with Crippen LogP contribution in [0.5, 0.6) is 11.5 Å². The molecule has 0 aliphatic carbocycles. The molecule has 0 saturated carbocycles. The summed E-state index contributed by atoms with van der Waals surface area (Å²) in [5, 5.41) is 4.40. The summed E-state index contributed by atoms with van der Waals surface area (Å²) >= 11 is 3.36. The van der Waals surface area contributed by atoms with Crippen LogP contribution in [0.25, 0.3) is 0 Å². The van der Waals surface area contributed by atoms with E-state index in [4.69, 9.17) is 9.47 Å². The quantitative estimate of drug-likeness (QED) is 0.450. The van der Waals surface area contributed by atoms with Gasteiger partial charge in [0.15, 0.2) is 0 Å². The average molecular weight is 439 g/mol. The summed E-state index contributed by atoms with van der Waals surface area (Å²) in [5.41, 5.74) is 5.50. The van der Waals surface area contributed by atoms with Crippen LogP contribution < -0.4 is 14.9 Å². The maximum atomic E-state index is 12.5. The Morgan fingerprint density at radius 2 is 1.18 bits per heavy atom. The second kappa shape index (κ2) is 9.19. The van der Waals surface area contributed by atoms with Crippen LogP contribution in [-0.2, 0) is 0 Å². The fourth-order valence-electron chi connectivity index (χ4n) is 2.57. The number of methoxy groups -OCH3 is 2. The summed E-state index contributed by atoms with van der Waals surface area (Å²) in [4.78, 5) is 12.5. The van der Waals surface area contributed by atoms with Crippen molar-refractivity contribution in [1.82, 2.24) is 5.43 Å². The van der Waals surface area contributed by atoms with Gasteiger partial charge in [-0.2, -0.15) is 5.10 Å². The van der Waals surface area contributed by atoms with Gasteiger partial charge in [-0.1, -0.05) is 15.9 Å². The number of nitrogens with one attached hydrogen (secondary N) is 1. The number of ether oxygens (including phenoxy) is 2. The van der Waals surface area contributed by atoms with Crippen LogP contribution in [0.2, 0.25) is 0 Å². The molecular formula is C22H19BrN2O3. The molecule has 28 heavy (non-hydrogen) atoms. The maximum Gasteiger partial charge on any atom is 0.271 e. The topological polar surface area (TPSA) is 59.9 Å². The van der Waals surface area contributed by atoms with E-state index in [1.807, 2.05) is 60.7 Å². The molecule has 0 atom stereocenters. The molecule has 0 spiro atoms. The SMILES string of the molecule is COc1ccc(C(=NNC(=O)c2ccc(Br)cc2)c2ccc(OC)cc2)cc1. The van der Waals surface area contributed by atoms with Crippen LogP contribution in [0, 0.1) is 0 Å². The molecule has 0 saturated heterocycles. The van der Waals surface area contributed by atoms with Crippen molar-refractivity contribution in [3.8, 4) is 11.5 Å². The molecule has 1 N–H and O–H groups in total. The molecule has 5 nitrogen and oxygen atoms in total. The molecule has 0 bridgehead atoms. The Morgan fingerprint density at radius 1 is 0.750 bits per heavy atom. The monoisotopic (exact) mass is 438 g/mol. The lowest BCUT2D eigenvalue weighted by molar-refractivity contribution is 0.0955. The molecule has 6 heteroatoms. The third-order valence-corrected chi connectivity index (χ3v) is 4.63. The van der Waals surface area contributed by atoms with Crippen LogP contribution in [-0.4, -0.2) is 25.8 Å². The predicted octanol–water partition coefficient (Wildman–Crippen LogP) is 4.65. The summed E-state index contributed by atoms with van der Waals surface area (Å²) in [7, 11) is 3.23. The zero-order chi connectivity index (χ0) is 19.9. The number of hydrazone groups is 1. The van der Waals surface area contributed by atoms with E-state index in [-0.39, 0.29) is 5.91 Å². The number of carbonyl (C=O) groups is 1. The standard InChI is InChI=1S/C22H19BrN2O3/c1-27-19-11-5-15(6-12-19)21(16-7-13-20(28-2)14-8-16)24-25-22(26)17-3-9-18(23)10-4-17/h3-14H,1-2H3,(H,25,26). The molecule has 3 rings (SSSR count).